The number of para-hydroxylation sites is 1. The van der Waals surface area contributed by atoms with Crippen LogP contribution in [-0.2, 0) is 17.9 Å². The summed E-state index contributed by atoms with van der Waals surface area (Å²) in [5, 5.41) is 3.53. The second-order valence-electron chi connectivity index (χ2n) is 8.21. The third-order valence-corrected chi connectivity index (χ3v) is 6.09. The molecule has 2 aromatic rings. The van der Waals surface area contributed by atoms with E-state index in [-0.39, 0.29) is 12.0 Å². The van der Waals surface area contributed by atoms with Gasteiger partial charge >= 0.3 is 0 Å². The SMILES string of the molecule is CN=C(NCc1ccccc1CN1CCCC1=O)N1CCC(Oc2ccccc2)CC1. The summed E-state index contributed by atoms with van der Waals surface area (Å²) in [5.74, 6) is 2.13. The normalized spacial score (nSPS) is 17.8. The number of aliphatic imine (C=N–C) groups is 1. The number of likely N-dealkylation sites (tertiary alicyclic amines) is 2. The third-order valence-electron chi connectivity index (χ3n) is 6.09. The van der Waals surface area contributed by atoms with Crippen LogP contribution in [0.2, 0.25) is 0 Å². The van der Waals surface area contributed by atoms with E-state index < -0.39 is 0 Å². The van der Waals surface area contributed by atoms with Crippen LogP contribution in [0.25, 0.3) is 0 Å². The van der Waals surface area contributed by atoms with Crippen LogP contribution in [0.1, 0.15) is 36.8 Å². The topological polar surface area (TPSA) is 57.2 Å². The van der Waals surface area contributed by atoms with Crippen LogP contribution in [0.15, 0.2) is 59.6 Å². The fourth-order valence-electron chi connectivity index (χ4n) is 4.34. The number of carbonyl (C=O) groups is 1. The van der Waals surface area contributed by atoms with Crippen LogP contribution >= 0.6 is 0 Å². The van der Waals surface area contributed by atoms with Gasteiger partial charge in [-0.05, 0) is 29.7 Å². The van der Waals surface area contributed by atoms with Crippen molar-refractivity contribution in [3.63, 3.8) is 0 Å². The lowest BCUT2D eigenvalue weighted by Gasteiger charge is -2.34. The number of benzene rings is 2. The molecule has 0 aromatic heterocycles. The van der Waals surface area contributed by atoms with Gasteiger partial charge in [-0.15, -0.1) is 0 Å². The lowest BCUT2D eigenvalue weighted by atomic mass is 10.1. The van der Waals surface area contributed by atoms with E-state index in [1.165, 1.54) is 11.1 Å². The maximum Gasteiger partial charge on any atom is 0.222 e. The van der Waals surface area contributed by atoms with Crippen LogP contribution in [-0.4, -0.2) is 54.5 Å². The molecule has 2 aliphatic heterocycles. The Bertz CT molecular complexity index is 891. The molecule has 0 spiro atoms. The number of carbonyl (C=O) groups excluding carboxylic acids is 1. The summed E-state index contributed by atoms with van der Waals surface area (Å²) < 4.78 is 6.11. The average Bonchev–Trinajstić information content (AvgIpc) is 3.21. The number of guanidine groups is 1. The van der Waals surface area contributed by atoms with Gasteiger partial charge in [0.05, 0.1) is 0 Å². The summed E-state index contributed by atoms with van der Waals surface area (Å²) in [7, 11) is 1.84. The maximum atomic E-state index is 12.0. The van der Waals surface area contributed by atoms with E-state index in [1.807, 2.05) is 48.3 Å². The van der Waals surface area contributed by atoms with Crippen molar-refractivity contribution >= 4 is 11.9 Å². The zero-order valence-electron chi connectivity index (χ0n) is 18.3. The number of hydrogen-bond donors (Lipinski definition) is 1. The first-order valence-electron chi connectivity index (χ1n) is 11.2. The Labute approximate surface area is 184 Å². The molecule has 6 heteroatoms. The summed E-state index contributed by atoms with van der Waals surface area (Å²) in [6.45, 7) is 4.09. The van der Waals surface area contributed by atoms with Gasteiger partial charge in [0, 0.05) is 59.0 Å². The zero-order chi connectivity index (χ0) is 21.5. The number of rotatable bonds is 6. The van der Waals surface area contributed by atoms with E-state index in [2.05, 4.69) is 33.4 Å². The van der Waals surface area contributed by atoms with Crippen LogP contribution in [0.5, 0.6) is 5.75 Å². The Morgan fingerprint density at radius 3 is 2.42 bits per heavy atom. The van der Waals surface area contributed by atoms with Gasteiger partial charge in [-0.3, -0.25) is 9.79 Å². The van der Waals surface area contributed by atoms with Gasteiger partial charge in [0.15, 0.2) is 5.96 Å². The first kappa shape index (κ1) is 21.2. The smallest absolute Gasteiger partial charge is 0.222 e. The number of amides is 1. The largest absolute Gasteiger partial charge is 0.490 e. The molecule has 1 N–H and O–H groups in total. The molecule has 0 atom stereocenters. The average molecular weight is 421 g/mol. The Kier molecular flexibility index (Phi) is 7.07. The first-order chi connectivity index (χ1) is 15.2. The minimum Gasteiger partial charge on any atom is -0.490 e. The first-order valence-corrected chi connectivity index (χ1v) is 11.2. The van der Waals surface area contributed by atoms with E-state index >= 15 is 0 Å². The van der Waals surface area contributed by atoms with Gasteiger partial charge in [-0.1, -0.05) is 42.5 Å². The predicted molar refractivity (Wildman–Crippen MR) is 123 cm³/mol. The molecule has 0 bridgehead atoms. The summed E-state index contributed by atoms with van der Waals surface area (Å²) in [5.41, 5.74) is 2.42. The summed E-state index contributed by atoms with van der Waals surface area (Å²) in [4.78, 5) is 20.8. The molecular formula is C25H32N4O2. The Morgan fingerprint density at radius 2 is 1.74 bits per heavy atom. The van der Waals surface area contributed by atoms with Crippen molar-refractivity contribution in [1.82, 2.24) is 15.1 Å². The van der Waals surface area contributed by atoms with Gasteiger partial charge in [0.25, 0.3) is 0 Å². The van der Waals surface area contributed by atoms with Gasteiger partial charge < -0.3 is 19.9 Å². The summed E-state index contributed by atoms with van der Waals surface area (Å²) in [6.07, 6.45) is 3.84. The molecule has 31 heavy (non-hydrogen) atoms. The van der Waals surface area contributed by atoms with E-state index in [4.69, 9.17) is 4.74 Å². The summed E-state index contributed by atoms with van der Waals surface area (Å²) in [6, 6.07) is 18.4. The molecule has 0 aliphatic carbocycles. The highest BCUT2D eigenvalue weighted by molar-refractivity contribution is 5.80. The van der Waals surface area contributed by atoms with E-state index in [0.717, 1.165) is 50.6 Å². The highest BCUT2D eigenvalue weighted by atomic mass is 16.5. The molecule has 4 rings (SSSR count). The quantitative estimate of drug-likeness (QED) is 0.575. The fourth-order valence-corrected chi connectivity index (χ4v) is 4.34. The molecule has 2 aromatic carbocycles. The van der Waals surface area contributed by atoms with Crippen LogP contribution in [0.3, 0.4) is 0 Å². The molecule has 2 saturated heterocycles. The van der Waals surface area contributed by atoms with Crippen LogP contribution in [0, 0.1) is 0 Å². The van der Waals surface area contributed by atoms with Crippen molar-refractivity contribution in [2.45, 2.75) is 44.9 Å². The lowest BCUT2D eigenvalue weighted by molar-refractivity contribution is -0.128. The van der Waals surface area contributed by atoms with Gasteiger partial charge in [-0.2, -0.15) is 0 Å². The predicted octanol–water partition coefficient (Wildman–Crippen LogP) is 3.43. The van der Waals surface area contributed by atoms with E-state index in [1.54, 1.807) is 0 Å². The molecule has 164 valence electrons. The van der Waals surface area contributed by atoms with Gasteiger partial charge in [0.2, 0.25) is 5.91 Å². The molecule has 0 radical (unpaired) electrons. The minimum absolute atomic E-state index is 0.246. The molecule has 2 heterocycles. The van der Waals surface area contributed by atoms with E-state index in [9.17, 15) is 4.79 Å². The lowest BCUT2D eigenvalue weighted by Crippen LogP contribution is -2.47. The van der Waals surface area contributed by atoms with Crippen LogP contribution < -0.4 is 10.1 Å². The molecule has 0 unspecified atom stereocenters. The van der Waals surface area contributed by atoms with Crippen LogP contribution in [0.4, 0.5) is 0 Å². The van der Waals surface area contributed by atoms with Gasteiger partial charge in [0.1, 0.15) is 11.9 Å². The fraction of sp³-hybridized carbons (Fsp3) is 0.440. The van der Waals surface area contributed by atoms with Crippen molar-refractivity contribution in [1.29, 1.82) is 0 Å². The monoisotopic (exact) mass is 420 g/mol. The second-order valence-corrected chi connectivity index (χ2v) is 8.21. The number of piperidine rings is 1. The molecule has 1 amide bonds. The molecule has 2 fully saturated rings. The van der Waals surface area contributed by atoms with Crippen molar-refractivity contribution in [2.75, 3.05) is 26.7 Å². The maximum absolute atomic E-state index is 12.0. The number of nitrogens with zero attached hydrogens (tertiary/aromatic N) is 3. The standard InChI is InChI=1S/C25H32N4O2/c1-26-25(28-16-13-23(14-17-28)31-22-10-3-2-4-11-22)27-18-20-8-5-6-9-21(20)19-29-15-7-12-24(29)30/h2-6,8-11,23H,7,12-19H2,1H3,(H,26,27). The second kappa shape index (κ2) is 10.3. The minimum atomic E-state index is 0.246. The number of nitrogens with one attached hydrogen (secondary N) is 1. The Hall–Kier alpha value is -3.02. The zero-order valence-corrected chi connectivity index (χ0v) is 18.3. The Morgan fingerprint density at radius 1 is 1.03 bits per heavy atom. The third kappa shape index (κ3) is 5.57. The molecular weight excluding hydrogens is 388 g/mol. The highest BCUT2D eigenvalue weighted by Gasteiger charge is 2.23. The molecule has 6 nitrogen and oxygen atoms in total. The molecule has 0 saturated carbocycles. The Balaban J connectivity index is 1.30. The number of hydrogen-bond acceptors (Lipinski definition) is 3. The van der Waals surface area contributed by atoms with Crippen molar-refractivity contribution < 1.29 is 9.53 Å². The van der Waals surface area contributed by atoms with Gasteiger partial charge in [-0.25, -0.2) is 0 Å². The van der Waals surface area contributed by atoms with E-state index in [0.29, 0.717) is 19.5 Å². The van der Waals surface area contributed by atoms with Crippen molar-refractivity contribution in [2.24, 2.45) is 4.99 Å². The number of ether oxygens (including phenoxy) is 1. The van der Waals surface area contributed by atoms with Crippen molar-refractivity contribution in [3.8, 4) is 5.75 Å². The highest BCUT2D eigenvalue weighted by Crippen LogP contribution is 2.20. The van der Waals surface area contributed by atoms with Crippen molar-refractivity contribution in [3.05, 3.63) is 65.7 Å². The molecule has 2 aliphatic rings. The summed E-state index contributed by atoms with van der Waals surface area (Å²) >= 11 is 0.